The zero-order valence-corrected chi connectivity index (χ0v) is 8.08. The van der Waals surface area contributed by atoms with Crippen molar-refractivity contribution in [2.24, 2.45) is 0 Å². The number of halogens is 6. The molecule has 2 aromatic rings. The van der Waals surface area contributed by atoms with E-state index in [0.717, 1.165) is 12.1 Å². The molecule has 7 heteroatoms. The first-order valence-corrected chi connectivity index (χ1v) is 4.45. The third kappa shape index (κ3) is 2.09. The summed E-state index contributed by atoms with van der Waals surface area (Å²) < 4.78 is 74.5. The maximum Gasteiger partial charge on any atom is 0.418 e. The number of fused-ring (bicyclic) bond motifs is 1. The van der Waals surface area contributed by atoms with Crippen LogP contribution in [0.1, 0.15) is 11.1 Å². The lowest BCUT2D eigenvalue weighted by Gasteiger charge is -2.08. The van der Waals surface area contributed by atoms with Crippen LogP contribution >= 0.6 is 0 Å². The van der Waals surface area contributed by atoms with Gasteiger partial charge in [-0.2, -0.15) is 26.3 Å². The number of hydrogen-bond donors (Lipinski definition) is 1. The minimum atomic E-state index is -4.68. The predicted molar refractivity (Wildman–Crippen MR) is 48.3 cm³/mol. The summed E-state index contributed by atoms with van der Waals surface area (Å²) in [5, 5.41) is -0.479. The molecule has 0 aliphatic rings. The van der Waals surface area contributed by atoms with Crippen LogP contribution in [0.5, 0.6) is 0 Å². The summed E-state index contributed by atoms with van der Waals surface area (Å²) in [5.41, 5.74) is -2.18. The van der Waals surface area contributed by atoms with E-state index in [1.165, 1.54) is 0 Å². The molecule has 0 aliphatic carbocycles. The van der Waals surface area contributed by atoms with Crippen molar-refractivity contribution in [2.45, 2.75) is 12.4 Å². The quantitative estimate of drug-likeness (QED) is 0.677. The molecule has 1 nitrogen and oxygen atoms in total. The number of rotatable bonds is 0. The Morgan fingerprint density at radius 1 is 0.882 bits per heavy atom. The van der Waals surface area contributed by atoms with Gasteiger partial charge in [0, 0.05) is 17.1 Å². The minimum Gasteiger partial charge on any atom is -0.361 e. The number of nitrogens with one attached hydrogen (secondary N) is 1. The van der Waals surface area contributed by atoms with E-state index in [9.17, 15) is 26.3 Å². The van der Waals surface area contributed by atoms with E-state index in [0.29, 0.717) is 12.3 Å². The summed E-state index contributed by atoms with van der Waals surface area (Å²) in [7, 11) is 0. The Morgan fingerprint density at radius 2 is 1.53 bits per heavy atom. The maximum atomic E-state index is 12.5. The standard InChI is InChI=1S/C10H5F6N/c11-9(12,13)5-1-2-8-6(3-5)7(4-17-8)10(14,15)16/h1-4,17H. The second kappa shape index (κ2) is 3.41. The van der Waals surface area contributed by atoms with Crippen LogP contribution in [0.25, 0.3) is 10.9 Å². The number of benzene rings is 1. The van der Waals surface area contributed by atoms with Crippen LogP contribution in [0.15, 0.2) is 24.4 Å². The Labute approximate surface area is 91.0 Å². The Kier molecular flexibility index (Phi) is 2.37. The van der Waals surface area contributed by atoms with Gasteiger partial charge in [-0.1, -0.05) is 0 Å². The largest absolute Gasteiger partial charge is 0.418 e. The van der Waals surface area contributed by atoms with E-state index in [4.69, 9.17) is 0 Å². The molecule has 1 N–H and O–H groups in total. The molecule has 1 aromatic heterocycles. The smallest absolute Gasteiger partial charge is 0.361 e. The van der Waals surface area contributed by atoms with Crippen molar-refractivity contribution < 1.29 is 26.3 Å². The van der Waals surface area contributed by atoms with Gasteiger partial charge >= 0.3 is 12.4 Å². The van der Waals surface area contributed by atoms with E-state index in [-0.39, 0.29) is 5.52 Å². The van der Waals surface area contributed by atoms with Crippen LogP contribution < -0.4 is 0 Å². The average Bonchev–Trinajstić information content (AvgIpc) is 2.57. The van der Waals surface area contributed by atoms with Crippen molar-refractivity contribution >= 4 is 10.9 Å². The number of H-pyrrole nitrogens is 1. The van der Waals surface area contributed by atoms with Gasteiger partial charge in [0.1, 0.15) is 0 Å². The third-order valence-electron chi connectivity index (χ3n) is 2.31. The van der Waals surface area contributed by atoms with Crippen LogP contribution in [0.4, 0.5) is 26.3 Å². The van der Waals surface area contributed by atoms with Gasteiger partial charge in [-0.15, -0.1) is 0 Å². The Hall–Kier alpha value is -1.66. The van der Waals surface area contributed by atoms with E-state index in [1.807, 2.05) is 0 Å². The predicted octanol–water partition coefficient (Wildman–Crippen LogP) is 4.21. The van der Waals surface area contributed by atoms with E-state index in [1.54, 1.807) is 0 Å². The van der Waals surface area contributed by atoms with Crippen molar-refractivity contribution in [3.8, 4) is 0 Å². The molecule has 1 aromatic carbocycles. The first-order chi connectivity index (χ1) is 7.69. The van der Waals surface area contributed by atoms with Gasteiger partial charge in [0.05, 0.1) is 11.1 Å². The molecule has 0 spiro atoms. The Balaban J connectivity index is 2.67. The van der Waals surface area contributed by atoms with Crippen LogP contribution in [-0.2, 0) is 12.4 Å². The first kappa shape index (κ1) is 11.8. The number of alkyl halides is 6. The van der Waals surface area contributed by atoms with Gasteiger partial charge in [-0.05, 0) is 18.2 Å². The highest BCUT2D eigenvalue weighted by Gasteiger charge is 2.35. The molecule has 2 rings (SSSR count). The van der Waals surface area contributed by atoms with Crippen LogP contribution in [0.2, 0.25) is 0 Å². The number of hydrogen-bond acceptors (Lipinski definition) is 0. The summed E-state index contributed by atoms with van der Waals surface area (Å²) >= 11 is 0. The topological polar surface area (TPSA) is 15.8 Å². The fraction of sp³-hybridized carbons (Fsp3) is 0.200. The Morgan fingerprint density at radius 3 is 2.06 bits per heavy atom. The lowest BCUT2D eigenvalue weighted by Crippen LogP contribution is -2.06. The molecule has 0 aliphatic heterocycles. The van der Waals surface area contributed by atoms with Gasteiger partial charge in [-0.25, -0.2) is 0 Å². The SMILES string of the molecule is FC(F)(F)c1ccc2[nH]cc(C(F)(F)F)c2c1. The zero-order chi connectivity index (χ0) is 12.8. The minimum absolute atomic E-state index is 0.0188. The highest BCUT2D eigenvalue weighted by atomic mass is 19.4. The molecule has 0 fully saturated rings. The molecular weight excluding hydrogens is 248 g/mol. The molecule has 17 heavy (non-hydrogen) atoms. The van der Waals surface area contributed by atoms with Gasteiger partial charge in [0.15, 0.2) is 0 Å². The molecule has 0 bridgehead atoms. The van der Waals surface area contributed by atoms with Crippen molar-refractivity contribution in [2.75, 3.05) is 0 Å². The van der Waals surface area contributed by atoms with E-state index >= 15 is 0 Å². The first-order valence-electron chi connectivity index (χ1n) is 4.45. The molecule has 1 heterocycles. The summed E-state index contributed by atoms with van der Waals surface area (Å²) in [5.74, 6) is 0. The normalized spacial score (nSPS) is 13.3. The second-order valence-electron chi connectivity index (χ2n) is 3.46. The lowest BCUT2D eigenvalue weighted by atomic mass is 10.1. The summed E-state index contributed by atoms with van der Waals surface area (Å²) in [6.45, 7) is 0. The fourth-order valence-corrected chi connectivity index (χ4v) is 1.53. The van der Waals surface area contributed by atoms with Gasteiger partial charge in [0.2, 0.25) is 0 Å². The van der Waals surface area contributed by atoms with Gasteiger partial charge in [-0.3, -0.25) is 0 Å². The monoisotopic (exact) mass is 253 g/mol. The molecule has 0 saturated carbocycles. The highest BCUT2D eigenvalue weighted by Crippen LogP contribution is 2.37. The second-order valence-corrected chi connectivity index (χ2v) is 3.46. The molecule has 0 unspecified atom stereocenters. The third-order valence-corrected chi connectivity index (χ3v) is 2.31. The Bertz CT molecular complexity index is 548. The van der Waals surface area contributed by atoms with Crippen molar-refractivity contribution in [3.63, 3.8) is 0 Å². The van der Waals surface area contributed by atoms with Crippen molar-refractivity contribution in [3.05, 3.63) is 35.5 Å². The molecule has 0 saturated heterocycles. The van der Waals surface area contributed by atoms with E-state index < -0.39 is 28.9 Å². The average molecular weight is 253 g/mol. The van der Waals surface area contributed by atoms with Crippen LogP contribution in [-0.4, -0.2) is 4.98 Å². The molecule has 0 radical (unpaired) electrons. The van der Waals surface area contributed by atoms with Crippen molar-refractivity contribution in [1.82, 2.24) is 4.98 Å². The molecular formula is C10H5F6N. The number of aromatic amines is 1. The fourth-order valence-electron chi connectivity index (χ4n) is 1.53. The van der Waals surface area contributed by atoms with Crippen LogP contribution in [0.3, 0.4) is 0 Å². The molecule has 92 valence electrons. The van der Waals surface area contributed by atoms with Crippen molar-refractivity contribution in [1.29, 1.82) is 0 Å². The molecule has 0 amide bonds. The summed E-state index contributed by atoms with van der Waals surface area (Å²) in [6.07, 6.45) is -8.68. The number of aromatic nitrogens is 1. The lowest BCUT2D eigenvalue weighted by molar-refractivity contribution is -0.139. The maximum absolute atomic E-state index is 12.5. The summed E-state index contributed by atoms with van der Waals surface area (Å²) in [4.78, 5) is 2.29. The zero-order valence-electron chi connectivity index (χ0n) is 8.08. The van der Waals surface area contributed by atoms with Gasteiger partial charge < -0.3 is 4.98 Å². The van der Waals surface area contributed by atoms with Crippen LogP contribution in [0, 0.1) is 0 Å². The van der Waals surface area contributed by atoms with Gasteiger partial charge in [0.25, 0.3) is 0 Å². The highest BCUT2D eigenvalue weighted by molar-refractivity contribution is 5.84. The molecule has 0 atom stereocenters. The summed E-state index contributed by atoms with van der Waals surface area (Å²) in [6, 6.07) is 2.21. The van der Waals surface area contributed by atoms with E-state index in [2.05, 4.69) is 4.98 Å².